The first-order valence-corrected chi connectivity index (χ1v) is 8.80. The molecule has 112 valence electrons. The fraction of sp³-hybridized carbons (Fsp3) is 0.286. The minimum Gasteiger partial charge on any atom is -0.464 e. The molecule has 0 aromatic heterocycles. The van der Waals surface area contributed by atoms with Crippen LogP contribution in [-0.4, -0.2) is 22.6 Å². The van der Waals surface area contributed by atoms with Gasteiger partial charge in [-0.2, -0.15) is 0 Å². The van der Waals surface area contributed by atoms with Gasteiger partial charge in [0.15, 0.2) is 0 Å². The molecule has 0 unspecified atom stereocenters. The molecule has 0 bridgehead atoms. The maximum absolute atomic E-state index is 12.6. The first-order chi connectivity index (χ1) is 9.99. The number of carbonyl (C=O) groups is 2. The predicted molar refractivity (Wildman–Crippen MR) is 91.2 cm³/mol. The Balaban J connectivity index is 2.22. The van der Waals surface area contributed by atoms with E-state index >= 15 is 0 Å². The zero-order valence-corrected chi connectivity index (χ0v) is 14.7. The second-order valence-electron chi connectivity index (χ2n) is 4.26. The SMILES string of the molecule is CCOC(=O)C1(C(=O)Nc2ccc(Br)cc2C)SC=CS1. The largest absolute Gasteiger partial charge is 0.464 e. The maximum Gasteiger partial charge on any atom is 0.343 e. The summed E-state index contributed by atoms with van der Waals surface area (Å²) in [6.07, 6.45) is 0. The molecule has 21 heavy (non-hydrogen) atoms. The van der Waals surface area contributed by atoms with Gasteiger partial charge in [0.2, 0.25) is 4.08 Å². The van der Waals surface area contributed by atoms with Gasteiger partial charge in [0.1, 0.15) is 0 Å². The maximum atomic E-state index is 12.6. The third-order valence-corrected chi connectivity index (χ3v) is 5.96. The molecule has 1 aliphatic heterocycles. The van der Waals surface area contributed by atoms with Crippen LogP contribution in [0, 0.1) is 6.92 Å². The number of carbonyl (C=O) groups excluding carboxylic acids is 2. The summed E-state index contributed by atoms with van der Waals surface area (Å²) in [5, 5.41) is 6.28. The molecule has 1 aromatic rings. The van der Waals surface area contributed by atoms with Crippen LogP contribution in [0.4, 0.5) is 5.69 Å². The average Bonchev–Trinajstić information content (AvgIpc) is 2.93. The Labute approximate surface area is 140 Å². The summed E-state index contributed by atoms with van der Waals surface area (Å²) in [6.45, 7) is 3.86. The van der Waals surface area contributed by atoms with Gasteiger partial charge in [0.05, 0.1) is 6.61 Å². The first kappa shape index (κ1) is 16.5. The van der Waals surface area contributed by atoms with Crippen LogP contribution < -0.4 is 5.32 Å². The van der Waals surface area contributed by atoms with E-state index in [1.165, 1.54) is 0 Å². The lowest BCUT2D eigenvalue weighted by Crippen LogP contribution is -2.44. The number of esters is 1. The minimum absolute atomic E-state index is 0.242. The summed E-state index contributed by atoms with van der Waals surface area (Å²) in [5.41, 5.74) is 1.60. The van der Waals surface area contributed by atoms with Crippen molar-refractivity contribution in [2.45, 2.75) is 17.9 Å². The highest BCUT2D eigenvalue weighted by atomic mass is 79.9. The van der Waals surface area contributed by atoms with Crippen molar-refractivity contribution >= 4 is 57.0 Å². The van der Waals surface area contributed by atoms with Crippen LogP contribution >= 0.6 is 39.5 Å². The van der Waals surface area contributed by atoms with Crippen molar-refractivity contribution in [3.8, 4) is 0 Å². The van der Waals surface area contributed by atoms with Gasteiger partial charge in [-0.1, -0.05) is 39.5 Å². The summed E-state index contributed by atoms with van der Waals surface area (Å²) < 4.78 is 4.69. The number of thioether (sulfide) groups is 2. The molecule has 1 heterocycles. The van der Waals surface area contributed by atoms with E-state index in [1.807, 2.05) is 19.1 Å². The lowest BCUT2D eigenvalue weighted by Gasteiger charge is -2.23. The van der Waals surface area contributed by atoms with Crippen molar-refractivity contribution in [1.29, 1.82) is 0 Å². The lowest BCUT2D eigenvalue weighted by atomic mass is 10.2. The van der Waals surface area contributed by atoms with Crippen LogP contribution in [0.25, 0.3) is 0 Å². The molecule has 0 spiro atoms. The number of nitrogens with one attached hydrogen (secondary N) is 1. The van der Waals surface area contributed by atoms with E-state index in [0.29, 0.717) is 5.69 Å². The van der Waals surface area contributed by atoms with Gasteiger partial charge in [-0.3, -0.25) is 4.79 Å². The number of anilines is 1. The van der Waals surface area contributed by atoms with E-state index in [4.69, 9.17) is 4.74 Å². The number of hydrogen-bond acceptors (Lipinski definition) is 5. The van der Waals surface area contributed by atoms with Crippen molar-refractivity contribution in [3.05, 3.63) is 39.1 Å². The summed E-state index contributed by atoms with van der Waals surface area (Å²) in [5.74, 6) is -0.913. The van der Waals surface area contributed by atoms with Gasteiger partial charge < -0.3 is 10.1 Å². The molecule has 1 aromatic carbocycles. The second kappa shape index (κ2) is 6.89. The molecule has 0 atom stereocenters. The quantitative estimate of drug-likeness (QED) is 0.626. The number of benzene rings is 1. The van der Waals surface area contributed by atoms with Crippen LogP contribution in [-0.2, 0) is 14.3 Å². The Bertz CT molecular complexity index is 596. The predicted octanol–water partition coefficient (Wildman–Crippen LogP) is 3.91. The van der Waals surface area contributed by atoms with Crippen molar-refractivity contribution in [2.75, 3.05) is 11.9 Å². The Morgan fingerprint density at radius 2 is 2.00 bits per heavy atom. The first-order valence-electron chi connectivity index (χ1n) is 6.25. The molecular formula is C14H14BrNO3S2. The molecule has 2 rings (SSSR count). The van der Waals surface area contributed by atoms with E-state index in [2.05, 4.69) is 21.2 Å². The molecule has 0 radical (unpaired) electrons. The third kappa shape index (κ3) is 3.46. The Hall–Kier alpha value is -0.920. The number of ether oxygens (including phenoxy) is 1. The van der Waals surface area contributed by atoms with Crippen molar-refractivity contribution in [1.82, 2.24) is 0 Å². The standard InChI is InChI=1S/C14H14BrNO3S2/c1-3-19-13(18)14(20-6-7-21-14)12(17)16-11-5-4-10(15)8-9(11)2/h4-8H,3H2,1-2H3,(H,16,17). The molecule has 0 fully saturated rings. The van der Waals surface area contributed by atoms with Gasteiger partial charge in [-0.05, 0) is 48.4 Å². The number of rotatable bonds is 4. The summed E-state index contributed by atoms with van der Waals surface area (Å²) in [4.78, 5) is 24.8. The molecule has 0 aliphatic carbocycles. The van der Waals surface area contributed by atoms with Gasteiger partial charge >= 0.3 is 5.97 Å². The van der Waals surface area contributed by atoms with Crippen molar-refractivity contribution in [3.63, 3.8) is 0 Å². The lowest BCUT2D eigenvalue weighted by molar-refractivity contribution is -0.145. The molecule has 1 amide bonds. The van der Waals surface area contributed by atoms with E-state index in [1.54, 1.807) is 23.8 Å². The van der Waals surface area contributed by atoms with Crippen molar-refractivity contribution in [2.24, 2.45) is 0 Å². The average molecular weight is 388 g/mol. The van der Waals surface area contributed by atoms with Gasteiger partial charge in [0, 0.05) is 10.2 Å². The van der Waals surface area contributed by atoms with Crippen LogP contribution in [0.2, 0.25) is 0 Å². The highest BCUT2D eigenvalue weighted by molar-refractivity contribution is 9.10. The van der Waals surface area contributed by atoms with E-state index < -0.39 is 10.0 Å². The Morgan fingerprint density at radius 3 is 2.57 bits per heavy atom. The van der Waals surface area contributed by atoms with E-state index in [-0.39, 0.29) is 12.5 Å². The van der Waals surface area contributed by atoms with Crippen LogP contribution in [0.3, 0.4) is 0 Å². The van der Waals surface area contributed by atoms with Crippen LogP contribution in [0.1, 0.15) is 12.5 Å². The summed E-state index contributed by atoms with van der Waals surface area (Å²) in [6, 6.07) is 5.54. The van der Waals surface area contributed by atoms with Crippen LogP contribution in [0.15, 0.2) is 33.5 Å². The number of halogens is 1. The highest BCUT2D eigenvalue weighted by Crippen LogP contribution is 2.46. The van der Waals surface area contributed by atoms with Crippen LogP contribution in [0.5, 0.6) is 0 Å². The monoisotopic (exact) mass is 387 g/mol. The Morgan fingerprint density at radius 1 is 1.33 bits per heavy atom. The van der Waals surface area contributed by atoms with Gasteiger partial charge in [-0.15, -0.1) is 0 Å². The molecule has 7 heteroatoms. The summed E-state index contributed by atoms with van der Waals surface area (Å²) in [7, 11) is 0. The molecule has 0 saturated heterocycles. The fourth-order valence-electron chi connectivity index (χ4n) is 1.77. The zero-order chi connectivity index (χ0) is 15.5. The highest BCUT2D eigenvalue weighted by Gasteiger charge is 2.50. The number of aryl methyl sites for hydroxylation is 1. The minimum atomic E-state index is -1.30. The normalized spacial score (nSPS) is 15.8. The molecule has 0 saturated carbocycles. The summed E-state index contributed by atoms with van der Waals surface area (Å²) >= 11 is 5.70. The number of hydrogen-bond donors (Lipinski definition) is 1. The van der Waals surface area contributed by atoms with E-state index in [9.17, 15) is 9.59 Å². The molecule has 1 N–H and O–H groups in total. The molecule has 4 nitrogen and oxygen atoms in total. The smallest absolute Gasteiger partial charge is 0.343 e. The second-order valence-corrected chi connectivity index (χ2v) is 7.67. The number of amides is 1. The van der Waals surface area contributed by atoms with Gasteiger partial charge in [0.25, 0.3) is 5.91 Å². The molecule has 1 aliphatic rings. The fourth-order valence-corrected chi connectivity index (χ4v) is 4.25. The van der Waals surface area contributed by atoms with Gasteiger partial charge in [-0.25, -0.2) is 4.79 Å². The Kier molecular flexibility index (Phi) is 5.40. The third-order valence-electron chi connectivity index (χ3n) is 2.80. The van der Waals surface area contributed by atoms with E-state index in [0.717, 1.165) is 33.6 Å². The molecular weight excluding hydrogens is 374 g/mol. The van der Waals surface area contributed by atoms with Crippen molar-refractivity contribution < 1.29 is 14.3 Å². The topological polar surface area (TPSA) is 55.4 Å². The zero-order valence-electron chi connectivity index (χ0n) is 11.5.